The zero-order valence-corrected chi connectivity index (χ0v) is 13.3. The lowest BCUT2D eigenvalue weighted by Crippen LogP contribution is -2.12. The molecule has 22 heavy (non-hydrogen) atoms. The van der Waals surface area contributed by atoms with Crippen LogP contribution < -0.4 is 4.74 Å². The fourth-order valence-corrected chi connectivity index (χ4v) is 2.91. The predicted octanol–water partition coefficient (Wildman–Crippen LogP) is 5.04. The number of Topliss-reactive ketones (excluding diaryl/α,β-unsaturated/α-hetero) is 1. The fraction of sp³-hybridized carbons (Fsp3) is 0.118. The predicted molar refractivity (Wildman–Crippen MR) is 89.3 cm³/mol. The summed E-state index contributed by atoms with van der Waals surface area (Å²) < 4.78 is 5.53. The van der Waals surface area contributed by atoms with Crippen molar-refractivity contribution >= 4 is 39.9 Å². The van der Waals surface area contributed by atoms with Crippen LogP contribution in [-0.2, 0) is 0 Å². The second-order valence-corrected chi connectivity index (χ2v) is 5.80. The van der Waals surface area contributed by atoms with Crippen LogP contribution in [0.25, 0.3) is 10.9 Å². The molecule has 3 nitrogen and oxygen atoms in total. The maximum Gasteiger partial charge on any atom is 0.202 e. The topological polar surface area (TPSA) is 42.1 Å². The number of para-hydroxylation sites is 1. The number of carbonyl (C=O) groups is 1. The first kappa shape index (κ1) is 14.9. The Bertz CT molecular complexity index is 855. The Morgan fingerprint density at radius 3 is 2.73 bits per heavy atom. The van der Waals surface area contributed by atoms with Gasteiger partial charge >= 0.3 is 0 Å². The SMILES string of the molecule is Cc1[nH]c2ccccc2c1C(=O)COc1ccc(Cl)cc1Cl. The molecule has 0 saturated heterocycles. The average molecular weight is 334 g/mol. The number of ether oxygens (including phenoxy) is 1. The molecule has 0 amide bonds. The van der Waals surface area contributed by atoms with Crippen molar-refractivity contribution in [3.05, 3.63) is 63.8 Å². The Morgan fingerprint density at radius 2 is 1.95 bits per heavy atom. The van der Waals surface area contributed by atoms with Crippen LogP contribution in [0, 0.1) is 6.92 Å². The van der Waals surface area contributed by atoms with Crippen molar-refractivity contribution in [3.63, 3.8) is 0 Å². The van der Waals surface area contributed by atoms with Crippen LogP contribution in [0.4, 0.5) is 0 Å². The van der Waals surface area contributed by atoms with E-state index in [1.165, 1.54) is 0 Å². The quantitative estimate of drug-likeness (QED) is 0.679. The van der Waals surface area contributed by atoms with E-state index in [-0.39, 0.29) is 12.4 Å². The molecule has 0 unspecified atom stereocenters. The maximum atomic E-state index is 12.5. The summed E-state index contributed by atoms with van der Waals surface area (Å²) in [5.41, 5.74) is 2.42. The van der Waals surface area contributed by atoms with Crippen molar-refractivity contribution in [2.24, 2.45) is 0 Å². The first-order valence-corrected chi connectivity index (χ1v) is 7.50. The van der Waals surface area contributed by atoms with E-state index in [1.54, 1.807) is 18.2 Å². The standard InChI is InChI=1S/C17H13Cl2NO2/c1-10-17(12-4-2-3-5-14(12)20-10)15(21)9-22-16-7-6-11(18)8-13(16)19/h2-8,20H,9H2,1H3. The molecule has 112 valence electrons. The highest BCUT2D eigenvalue weighted by Gasteiger charge is 2.16. The number of fused-ring (bicyclic) bond motifs is 1. The minimum atomic E-state index is -0.0963. The molecule has 3 aromatic rings. The molecule has 0 spiro atoms. The third-order valence-corrected chi connectivity index (χ3v) is 3.96. The van der Waals surface area contributed by atoms with Gasteiger partial charge in [0, 0.05) is 27.2 Å². The summed E-state index contributed by atoms with van der Waals surface area (Å²) in [6, 6.07) is 12.6. The van der Waals surface area contributed by atoms with E-state index in [0.29, 0.717) is 21.4 Å². The number of carbonyl (C=O) groups excluding carboxylic acids is 1. The van der Waals surface area contributed by atoms with Gasteiger partial charge in [-0.25, -0.2) is 0 Å². The lowest BCUT2D eigenvalue weighted by molar-refractivity contribution is 0.0922. The molecular formula is C17H13Cl2NO2. The van der Waals surface area contributed by atoms with Crippen molar-refractivity contribution in [1.82, 2.24) is 4.98 Å². The zero-order valence-electron chi connectivity index (χ0n) is 11.8. The summed E-state index contributed by atoms with van der Waals surface area (Å²) in [7, 11) is 0. The second-order valence-electron chi connectivity index (χ2n) is 4.96. The minimum absolute atomic E-state index is 0.0793. The molecule has 0 fully saturated rings. The van der Waals surface area contributed by atoms with Gasteiger partial charge in [0.05, 0.1) is 5.02 Å². The molecule has 0 saturated carbocycles. The molecule has 0 aliphatic carbocycles. The van der Waals surface area contributed by atoms with E-state index < -0.39 is 0 Å². The van der Waals surface area contributed by atoms with Gasteiger partial charge in [-0.15, -0.1) is 0 Å². The van der Waals surface area contributed by atoms with Crippen LogP contribution >= 0.6 is 23.2 Å². The fourth-order valence-electron chi connectivity index (χ4n) is 2.44. The number of aromatic amines is 1. The van der Waals surface area contributed by atoms with E-state index in [0.717, 1.165) is 16.6 Å². The summed E-state index contributed by atoms with van der Waals surface area (Å²) >= 11 is 11.9. The lowest BCUT2D eigenvalue weighted by Gasteiger charge is -2.08. The minimum Gasteiger partial charge on any atom is -0.484 e. The van der Waals surface area contributed by atoms with Gasteiger partial charge < -0.3 is 9.72 Å². The highest BCUT2D eigenvalue weighted by Crippen LogP contribution is 2.28. The Hall–Kier alpha value is -1.97. The summed E-state index contributed by atoms with van der Waals surface area (Å²) in [5, 5.41) is 1.81. The van der Waals surface area contributed by atoms with Gasteiger partial charge in [0.25, 0.3) is 0 Å². The van der Waals surface area contributed by atoms with Crippen LogP contribution in [0.1, 0.15) is 16.1 Å². The Labute approximate surface area is 137 Å². The highest BCUT2D eigenvalue weighted by atomic mass is 35.5. The molecule has 1 aromatic heterocycles. The molecule has 0 bridgehead atoms. The number of hydrogen-bond acceptors (Lipinski definition) is 2. The van der Waals surface area contributed by atoms with Crippen molar-refractivity contribution in [2.75, 3.05) is 6.61 Å². The van der Waals surface area contributed by atoms with Gasteiger partial charge in [-0.1, -0.05) is 41.4 Å². The number of aromatic nitrogens is 1. The summed E-state index contributed by atoms with van der Waals surface area (Å²) in [6.45, 7) is 1.80. The lowest BCUT2D eigenvalue weighted by atomic mass is 10.1. The normalized spacial score (nSPS) is 10.9. The number of ketones is 1. The highest BCUT2D eigenvalue weighted by molar-refractivity contribution is 6.35. The monoisotopic (exact) mass is 333 g/mol. The Morgan fingerprint density at radius 1 is 1.18 bits per heavy atom. The largest absolute Gasteiger partial charge is 0.484 e. The molecule has 1 heterocycles. The third kappa shape index (κ3) is 2.82. The van der Waals surface area contributed by atoms with Gasteiger partial charge in [-0.05, 0) is 31.2 Å². The van der Waals surface area contributed by atoms with Crippen molar-refractivity contribution in [2.45, 2.75) is 6.92 Å². The van der Waals surface area contributed by atoms with Crippen molar-refractivity contribution in [3.8, 4) is 5.75 Å². The number of rotatable bonds is 4. The summed E-state index contributed by atoms with van der Waals surface area (Å²) in [4.78, 5) is 15.7. The second kappa shape index (κ2) is 6.03. The van der Waals surface area contributed by atoms with Gasteiger partial charge in [0.1, 0.15) is 5.75 Å². The van der Waals surface area contributed by atoms with E-state index in [9.17, 15) is 4.79 Å². The first-order valence-electron chi connectivity index (χ1n) is 6.74. The number of benzene rings is 2. The van der Waals surface area contributed by atoms with Crippen molar-refractivity contribution < 1.29 is 9.53 Å². The smallest absolute Gasteiger partial charge is 0.202 e. The molecule has 0 aliphatic rings. The van der Waals surface area contributed by atoms with E-state index in [1.807, 2.05) is 31.2 Å². The average Bonchev–Trinajstić information content (AvgIpc) is 2.82. The molecule has 0 atom stereocenters. The number of H-pyrrole nitrogens is 1. The van der Waals surface area contributed by atoms with Crippen LogP contribution in [0.5, 0.6) is 5.75 Å². The number of aryl methyl sites for hydroxylation is 1. The van der Waals surface area contributed by atoms with E-state index in [4.69, 9.17) is 27.9 Å². The van der Waals surface area contributed by atoms with Gasteiger partial charge in [-0.2, -0.15) is 0 Å². The third-order valence-electron chi connectivity index (χ3n) is 3.43. The molecule has 3 rings (SSSR count). The number of hydrogen-bond donors (Lipinski definition) is 1. The summed E-state index contributed by atoms with van der Waals surface area (Å²) in [5.74, 6) is 0.345. The maximum absolute atomic E-state index is 12.5. The van der Waals surface area contributed by atoms with Crippen LogP contribution in [0.2, 0.25) is 10.0 Å². The van der Waals surface area contributed by atoms with Crippen molar-refractivity contribution in [1.29, 1.82) is 0 Å². The first-order chi connectivity index (χ1) is 10.6. The van der Waals surface area contributed by atoms with Gasteiger partial charge in [0.2, 0.25) is 5.78 Å². The summed E-state index contributed by atoms with van der Waals surface area (Å²) in [6.07, 6.45) is 0. The number of nitrogens with one attached hydrogen (secondary N) is 1. The molecule has 5 heteroatoms. The Kier molecular flexibility index (Phi) is 4.10. The van der Waals surface area contributed by atoms with Crippen LogP contribution in [-0.4, -0.2) is 17.4 Å². The molecular weight excluding hydrogens is 321 g/mol. The molecule has 2 aromatic carbocycles. The molecule has 0 aliphatic heterocycles. The van der Waals surface area contributed by atoms with E-state index in [2.05, 4.69) is 4.98 Å². The van der Waals surface area contributed by atoms with Crippen LogP contribution in [0.15, 0.2) is 42.5 Å². The molecule has 0 radical (unpaired) electrons. The Balaban J connectivity index is 1.83. The van der Waals surface area contributed by atoms with E-state index >= 15 is 0 Å². The molecule has 1 N–H and O–H groups in total. The van der Waals surface area contributed by atoms with Gasteiger partial charge in [-0.3, -0.25) is 4.79 Å². The zero-order chi connectivity index (χ0) is 15.7. The number of halogens is 2. The van der Waals surface area contributed by atoms with Gasteiger partial charge in [0.15, 0.2) is 6.61 Å². The van der Waals surface area contributed by atoms with Crippen LogP contribution in [0.3, 0.4) is 0 Å².